The smallest absolute Gasteiger partial charge is 0.170 e. The second kappa shape index (κ2) is 5.29. The summed E-state index contributed by atoms with van der Waals surface area (Å²) >= 11 is 0. The van der Waals surface area contributed by atoms with Gasteiger partial charge >= 0.3 is 0 Å². The number of hydrogen-bond donors (Lipinski definition) is 0. The Bertz CT molecular complexity index is 2410. The molecular formula is C38H24O2. The topological polar surface area (TPSA) is 18.5 Å². The average Bonchev–Trinajstić information content (AvgIpc) is 3.76. The SMILES string of the molecule is c1c2c3c4c(cc5c6c7c(cc8c9c%10c(cc%11c%12c(c1C%11)c3c(c46)c(c%12%10)c79)C1OC3(CCCCC3)OC81)C5)CC2. The summed E-state index contributed by atoms with van der Waals surface area (Å²) in [6.45, 7) is 0. The van der Waals surface area contributed by atoms with Crippen LogP contribution in [0.25, 0.3) is 75.4 Å². The average molecular weight is 513 g/mol. The minimum Gasteiger partial charge on any atom is -0.339 e. The highest BCUT2D eigenvalue weighted by Gasteiger charge is 2.53. The molecule has 2 nitrogen and oxygen atoms in total. The van der Waals surface area contributed by atoms with Crippen LogP contribution in [0.4, 0.5) is 0 Å². The fourth-order valence-electron chi connectivity index (χ4n) is 11.6. The lowest BCUT2D eigenvalue weighted by molar-refractivity contribution is -0.194. The maximum atomic E-state index is 7.16. The van der Waals surface area contributed by atoms with Crippen LogP contribution in [0, 0.1) is 0 Å². The number of ether oxygens (including phenoxy) is 2. The van der Waals surface area contributed by atoms with E-state index in [1.807, 2.05) is 0 Å². The van der Waals surface area contributed by atoms with Crippen LogP contribution in [-0.4, -0.2) is 5.79 Å². The molecule has 0 N–H and O–H groups in total. The zero-order chi connectivity index (χ0) is 25.0. The lowest BCUT2D eigenvalue weighted by Crippen LogP contribution is -2.32. The Morgan fingerprint density at radius 3 is 1.32 bits per heavy atom. The summed E-state index contributed by atoms with van der Waals surface area (Å²) in [5.41, 5.74) is 12.3. The molecule has 5 aliphatic carbocycles. The van der Waals surface area contributed by atoms with Gasteiger partial charge in [0.2, 0.25) is 0 Å². The molecule has 14 rings (SSSR count). The van der Waals surface area contributed by atoms with Crippen molar-refractivity contribution in [1.82, 2.24) is 0 Å². The number of hydrogen-bond acceptors (Lipinski definition) is 2. The molecule has 6 aliphatic rings. The third-order valence-electron chi connectivity index (χ3n) is 12.7. The minimum absolute atomic E-state index is 0.00938. The molecule has 1 saturated carbocycles. The van der Waals surface area contributed by atoms with E-state index in [-0.39, 0.29) is 12.2 Å². The van der Waals surface area contributed by atoms with E-state index in [1.54, 1.807) is 86.9 Å². The lowest BCUT2D eigenvalue weighted by atomic mass is 9.83. The van der Waals surface area contributed by atoms with E-state index in [1.165, 1.54) is 65.1 Å². The van der Waals surface area contributed by atoms with Gasteiger partial charge in [-0.1, -0.05) is 30.7 Å². The zero-order valence-electron chi connectivity index (χ0n) is 22.1. The second-order valence-electron chi connectivity index (χ2n) is 14.3. The molecule has 0 aromatic heterocycles. The van der Waals surface area contributed by atoms with Crippen molar-refractivity contribution in [2.45, 2.75) is 75.8 Å². The second-order valence-corrected chi connectivity index (χ2v) is 14.3. The Kier molecular flexibility index (Phi) is 2.49. The van der Waals surface area contributed by atoms with Crippen LogP contribution >= 0.6 is 0 Å². The summed E-state index contributed by atoms with van der Waals surface area (Å²) in [5, 5.41) is 22.1. The zero-order valence-corrected chi connectivity index (χ0v) is 22.1. The third-order valence-corrected chi connectivity index (χ3v) is 12.7. The molecule has 1 saturated heterocycles. The van der Waals surface area contributed by atoms with Crippen molar-refractivity contribution in [3.8, 4) is 0 Å². The summed E-state index contributed by atoms with van der Waals surface area (Å²) in [6.07, 6.45) is 10.3. The van der Waals surface area contributed by atoms with Gasteiger partial charge in [0.25, 0.3) is 0 Å². The number of fused-ring (bicyclic) bond motifs is 3. The van der Waals surface area contributed by atoms with E-state index in [4.69, 9.17) is 9.47 Å². The standard InChI is InChI=1S/C38H24O2/c1-2-6-38(7-3-1)39-36-20-12-18-10-16-8-14-4-5-15-9-17-11-19-13-21(37(36)40-38)29-28(20)32-26(18)24(16)30-22(14)23(15)31-25(17)27(19)33(29)35(32)34(30)31/h8-9,12-13,36-37H,1-7,10-11H2. The van der Waals surface area contributed by atoms with Gasteiger partial charge in [0.05, 0.1) is 0 Å². The summed E-state index contributed by atoms with van der Waals surface area (Å²) < 4.78 is 14.3. The van der Waals surface area contributed by atoms with Crippen molar-refractivity contribution in [1.29, 1.82) is 0 Å². The molecule has 188 valence electrons. The van der Waals surface area contributed by atoms with Gasteiger partial charge in [-0.05, 0) is 158 Å². The summed E-state index contributed by atoms with van der Waals surface area (Å²) in [6, 6.07) is 10.4. The van der Waals surface area contributed by atoms with E-state index in [0.717, 1.165) is 25.7 Å². The van der Waals surface area contributed by atoms with Crippen LogP contribution in [0.5, 0.6) is 0 Å². The molecule has 1 aliphatic heterocycles. The molecule has 40 heavy (non-hydrogen) atoms. The number of aryl methyl sites for hydroxylation is 2. The summed E-state index contributed by atoms with van der Waals surface area (Å²) in [4.78, 5) is 0. The van der Waals surface area contributed by atoms with Crippen LogP contribution in [0.1, 0.15) is 88.8 Å². The molecule has 0 amide bonds. The Morgan fingerprint density at radius 2 is 0.825 bits per heavy atom. The van der Waals surface area contributed by atoms with Crippen LogP contribution in [0.15, 0.2) is 24.3 Å². The van der Waals surface area contributed by atoms with Gasteiger partial charge in [-0.3, -0.25) is 0 Å². The van der Waals surface area contributed by atoms with Crippen molar-refractivity contribution in [2.75, 3.05) is 0 Å². The number of benzene rings is 6. The fourth-order valence-corrected chi connectivity index (χ4v) is 11.6. The van der Waals surface area contributed by atoms with Crippen LogP contribution in [-0.2, 0) is 35.2 Å². The predicted molar refractivity (Wildman–Crippen MR) is 160 cm³/mol. The van der Waals surface area contributed by atoms with E-state index in [2.05, 4.69) is 24.3 Å². The maximum absolute atomic E-state index is 7.16. The van der Waals surface area contributed by atoms with Gasteiger partial charge in [0, 0.05) is 12.8 Å². The van der Waals surface area contributed by atoms with E-state index >= 15 is 0 Å². The minimum atomic E-state index is -0.399. The molecule has 2 atom stereocenters. The van der Waals surface area contributed by atoms with E-state index < -0.39 is 5.79 Å². The first-order valence-corrected chi connectivity index (χ1v) is 15.7. The highest BCUT2D eigenvalue weighted by atomic mass is 16.8. The Balaban J connectivity index is 1.31. The molecule has 1 heterocycles. The molecule has 8 aromatic rings. The first-order chi connectivity index (χ1) is 19.8. The highest BCUT2D eigenvalue weighted by Crippen LogP contribution is 2.66. The van der Waals surface area contributed by atoms with Crippen LogP contribution in [0.2, 0.25) is 0 Å². The molecule has 2 heteroatoms. The van der Waals surface area contributed by atoms with E-state index in [0.29, 0.717) is 0 Å². The van der Waals surface area contributed by atoms with Crippen molar-refractivity contribution in [3.05, 3.63) is 68.8 Å². The van der Waals surface area contributed by atoms with Crippen molar-refractivity contribution >= 4 is 75.4 Å². The lowest BCUT2D eigenvalue weighted by Gasteiger charge is -2.31. The fraction of sp³-hybridized carbons (Fsp3) is 0.316. The molecule has 1 spiro atoms. The van der Waals surface area contributed by atoms with Gasteiger partial charge in [-0.15, -0.1) is 0 Å². The molecule has 2 unspecified atom stereocenters. The molecular weight excluding hydrogens is 488 g/mol. The first-order valence-electron chi connectivity index (χ1n) is 15.7. The van der Waals surface area contributed by atoms with Gasteiger partial charge in [-0.25, -0.2) is 0 Å². The van der Waals surface area contributed by atoms with E-state index in [9.17, 15) is 0 Å². The van der Waals surface area contributed by atoms with Gasteiger partial charge in [0.15, 0.2) is 5.79 Å². The van der Waals surface area contributed by atoms with Crippen molar-refractivity contribution in [3.63, 3.8) is 0 Å². The highest BCUT2D eigenvalue weighted by molar-refractivity contribution is 6.56. The third kappa shape index (κ3) is 1.57. The van der Waals surface area contributed by atoms with Crippen molar-refractivity contribution < 1.29 is 9.47 Å². The van der Waals surface area contributed by atoms with Gasteiger partial charge in [-0.2, -0.15) is 0 Å². The maximum Gasteiger partial charge on any atom is 0.170 e. The number of rotatable bonds is 0. The van der Waals surface area contributed by atoms with Crippen molar-refractivity contribution in [2.24, 2.45) is 0 Å². The molecule has 0 bridgehead atoms. The summed E-state index contributed by atoms with van der Waals surface area (Å²) in [5.74, 6) is -0.399. The Morgan fingerprint density at radius 1 is 0.425 bits per heavy atom. The predicted octanol–water partition coefficient (Wildman–Crippen LogP) is 9.22. The quantitative estimate of drug-likeness (QED) is 0.189. The Labute approximate surface area is 229 Å². The molecule has 8 aromatic carbocycles. The van der Waals surface area contributed by atoms with Gasteiger partial charge in [0.1, 0.15) is 12.2 Å². The first kappa shape index (κ1) is 18.8. The summed E-state index contributed by atoms with van der Waals surface area (Å²) in [7, 11) is 0. The monoisotopic (exact) mass is 512 g/mol. The molecule has 0 radical (unpaired) electrons. The van der Waals surface area contributed by atoms with Crippen LogP contribution in [0.3, 0.4) is 0 Å². The normalized spacial score (nSPS) is 25.1. The Hall–Kier alpha value is -3.46. The van der Waals surface area contributed by atoms with Crippen LogP contribution < -0.4 is 0 Å². The van der Waals surface area contributed by atoms with Gasteiger partial charge < -0.3 is 9.47 Å². The largest absolute Gasteiger partial charge is 0.339 e. The molecule has 2 fully saturated rings.